The molecule has 1 aliphatic heterocycles. The van der Waals surface area contributed by atoms with Gasteiger partial charge < -0.3 is 0 Å². The van der Waals surface area contributed by atoms with E-state index in [1.807, 2.05) is 0 Å². The van der Waals surface area contributed by atoms with Crippen LogP contribution in [0.5, 0.6) is 0 Å². The van der Waals surface area contributed by atoms with E-state index >= 15 is 0 Å². The van der Waals surface area contributed by atoms with Gasteiger partial charge in [0.15, 0.2) is 0 Å². The first-order valence-electron chi connectivity index (χ1n) is 7.45. The Kier molecular flexibility index (Phi) is 3.35. The fourth-order valence-corrected chi connectivity index (χ4v) is 4.13. The van der Waals surface area contributed by atoms with E-state index in [1.54, 1.807) is 0 Å². The fourth-order valence-electron chi connectivity index (χ4n) is 4.13. The minimum absolute atomic E-state index is 0.210. The molecule has 1 saturated heterocycles. The zero-order valence-electron chi connectivity index (χ0n) is 13.1. The largest absolute Gasteiger partial charge is 0.239 e. The molecule has 0 aromatic rings. The molecule has 1 spiro atoms. The van der Waals surface area contributed by atoms with E-state index < -0.39 is 0 Å². The second-order valence-corrected chi connectivity index (χ2v) is 8.88. The predicted octanol–water partition coefficient (Wildman–Crippen LogP) is 5.08. The van der Waals surface area contributed by atoms with E-state index in [9.17, 15) is 0 Å². The van der Waals surface area contributed by atoms with Gasteiger partial charge in [-0.05, 0) is 36.5 Å². The predicted molar refractivity (Wildman–Crippen MR) is 73.9 cm³/mol. The molecular weight excluding hydrogens is 224 g/mol. The highest BCUT2D eigenvalue weighted by atomic mass is 17.4. The minimum atomic E-state index is -0.244. The maximum Gasteiger partial charge on any atom is 0.239 e. The molecule has 0 atom stereocenters. The molecular formula is C16H30O2. The van der Waals surface area contributed by atoms with Crippen LogP contribution in [0.3, 0.4) is 0 Å². The van der Waals surface area contributed by atoms with Crippen molar-refractivity contribution in [3.8, 4) is 0 Å². The highest BCUT2D eigenvalue weighted by Crippen LogP contribution is 2.63. The second kappa shape index (κ2) is 4.21. The summed E-state index contributed by atoms with van der Waals surface area (Å²) in [5, 5.41) is 0. The fraction of sp³-hybridized carbons (Fsp3) is 1.00. The molecule has 18 heavy (non-hydrogen) atoms. The van der Waals surface area contributed by atoms with Gasteiger partial charge in [-0.25, -0.2) is 0 Å². The lowest BCUT2D eigenvalue weighted by atomic mass is 9.58. The van der Waals surface area contributed by atoms with Gasteiger partial charge in [0.2, 0.25) is 5.79 Å². The summed E-state index contributed by atoms with van der Waals surface area (Å²) < 4.78 is 0. The minimum Gasteiger partial charge on any atom is -0.194 e. The summed E-state index contributed by atoms with van der Waals surface area (Å²) in [6, 6.07) is 0. The van der Waals surface area contributed by atoms with E-state index in [4.69, 9.17) is 9.78 Å². The average molecular weight is 254 g/mol. The summed E-state index contributed by atoms with van der Waals surface area (Å²) in [5.74, 6) is -0.244. The van der Waals surface area contributed by atoms with Crippen LogP contribution >= 0.6 is 0 Å². The van der Waals surface area contributed by atoms with Gasteiger partial charge in [0.25, 0.3) is 0 Å². The second-order valence-electron chi connectivity index (χ2n) is 8.88. The van der Waals surface area contributed by atoms with Crippen LogP contribution in [0, 0.1) is 16.2 Å². The molecule has 2 fully saturated rings. The van der Waals surface area contributed by atoms with Gasteiger partial charge in [-0.15, -0.1) is 0 Å². The van der Waals surface area contributed by atoms with Crippen molar-refractivity contribution in [2.45, 2.75) is 85.9 Å². The molecule has 0 bridgehead atoms. The van der Waals surface area contributed by atoms with Crippen LogP contribution in [0.1, 0.15) is 80.1 Å². The first-order valence-corrected chi connectivity index (χ1v) is 7.45. The van der Waals surface area contributed by atoms with Crippen LogP contribution in [0.15, 0.2) is 0 Å². The third-order valence-corrected chi connectivity index (χ3v) is 4.24. The molecule has 106 valence electrons. The van der Waals surface area contributed by atoms with Crippen LogP contribution in [-0.4, -0.2) is 5.79 Å². The zero-order valence-corrected chi connectivity index (χ0v) is 13.1. The van der Waals surface area contributed by atoms with Crippen molar-refractivity contribution in [3.05, 3.63) is 0 Å². The Hall–Kier alpha value is -0.0800. The van der Waals surface area contributed by atoms with Gasteiger partial charge in [0, 0.05) is 11.8 Å². The third kappa shape index (κ3) is 2.91. The van der Waals surface area contributed by atoms with Crippen molar-refractivity contribution < 1.29 is 9.78 Å². The lowest BCUT2D eigenvalue weighted by Gasteiger charge is -2.46. The molecule has 1 heterocycles. The van der Waals surface area contributed by atoms with E-state index in [1.165, 1.54) is 32.1 Å². The van der Waals surface area contributed by atoms with Crippen molar-refractivity contribution in [1.82, 2.24) is 0 Å². The summed E-state index contributed by atoms with van der Waals surface area (Å²) in [6.45, 7) is 14.0. The molecule has 0 radical (unpaired) electrons. The molecule has 2 nitrogen and oxygen atoms in total. The first-order chi connectivity index (χ1) is 8.08. The Labute approximate surface area is 112 Å². The standard InChI is InChI=1S/C16H30O2/c1-13(2,3)11-15(12-14(4,5)6)9-7-8-10-16(15)17-18-16/h7-12H2,1-6H3. The highest BCUT2D eigenvalue weighted by molar-refractivity contribution is 5.03. The van der Waals surface area contributed by atoms with E-state index in [0.717, 1.165) is 6.42 Å². The van der Waals surface area contributed by atoms with Crippen LogP contribution in [0.4, 0.5) is 0 Å². The Bertz CT molecular complexity index is 286. The molecule has 0 amide bonds. The van der Waals surface area contributed by atoms with E-state index in [-0.39, 0.29) is 11.2 Å². The Morgan fingerprint density at radius 3 is 1.61 bits per heavy atom. The lowest BCUT2D eigenvalue weighted by Crippen LogP contribution is -2.46. The van der Waals surface area contributed by atoms with Crippen molar-refractivity contribution in [2.75, 3.05) is 0 Å². The summed E-state index contributed by atoms with van der Waals surface area (Å²) in [6.07, 6.45) is 7.28. The van der Waals surface area contributed by atoms with Gasteiger partial charge in [0.1, 0.15) is 0 Å². The lowest BCUT2D eigenvalue weighted by molar-refractivity contribution is -0.0253. The summed E-state index contributed by atoms with van der Waals surface area (Å²) in [4.78, 5) is 11.1. The maximum atomic E-state index is 5.54. The molecule has 2 heteroatoms. The van der Waals surface area contributed by atoms with Crippen LogP contribution in [0.2, 0.25) is 0 Å². The van der Waals surface area contributed by atoms with Crippen LogP contribution < -0.4 is 0 Å². The Morgan fingerprint density at radius 1 is 0.778 bits per heavy atom. The molecule has 0 aromatic heterocycles. The molecule has 2 aliphatic rings. The molecule has 1 aliphatic carbocycles. The smallest absolute Gasteiger partial charge is 0.194 e. The van der Waals surface area contributed by atoms with Gasteiger partial charge in [-0.1, -0.05) is 48.0 Å². The topological polar surface area (TPSA) is 25.1 Å². The number of hydrogen-bond donors (Lipinski definition) is 0. The molecule has 0 aromatic carbocycles. The average Bonchev–Trinajstić information content (AvgIpc) is 2.86. The van der Waals surface area contributed by atoms with Gasteiger partial charge >= 0.3 is 0 Å². The molecule has 0 unspecified atom stereocenters. The SMILES string of the molecule is CC(C)(C)CC1(CC(C)(C)C)CCCCC12OO2. The summed E-state index contributed by atoms with van der Waals surface area (Å²) in [7, 11) is 0. The Balaban J connectivity index is 2.27. The summed E-state index contributed by atoms with van der Waals surface area (Å²) in [5.41, 5.74) is 0.859. The van der Waals surface area contributed by atoms with Crippen LogP contribution in [-0.2, 0) is 9.78 Å². The van der Waals surface area contributed by atoms with Crippen LogP contribution in [0.25, 0.3) is 0 Å². The third-order valence-electron chi connectivity index (χ3n) is 4.24. The van der Waals surface area contributed by atoms with Crippen molar-refractivity contribution in [2.24, 2.45) is 16.2 Å². The van der Waals surface area contributed by atoms with Crippen molar-refractivity contribution in [1.29, 1.82) is 0 Å². The van der Waals surface area contributed by atoms with E-state index in [0.29, 0.717) is 10.8 Å². The number of rotatable bonds is 2. The Morgan fingerprint density at radius 2 is 1.22 bits per heavy atom. The highest BCUT2D eigenvalue weighted by Gasteiger charge is 2.66. The number of hydrogen-bond acceptors (Lipinski definition) is 2. The monoisotopic (exact) mass is 254 g/mol. The molecule has 1 saturated carbocycles. The van der Waals surface area contributed by atoms with Crippen molar-refractivity contribution >= 4 is 0 Å². The normalized spacial score (nSPS) is 26.3. The molecule has 0 N–H and O–H groups in total. The summed E-state index contributed by atoms with van der Waals surface area (Å²) >= 11 is 0. The zero-order chi connectivity index (χ0) is 13.7. The maximum absolute atomic E-state index is 5.54. The van der Waals surface area contributed by atoms with Gasteiger partial charge in [0.05, 0.1) is 0 Å². The first kappa shape index (κ1) is 14.3. The van der Waals surface area contributed by atoms with Gasteiger partial charge in [-0.2, -0.15) is 9.78 Å². The van der Waals surface area contributed by atoms with E-state index in [2.05, 4.69) is 41.5 Å². The molecule has 2 rings (SSSR count). The quantitative estimate of drug-likeness (QED) is 0.507. The van der Waals surface area contributed by atoms with Gasteiger partial charge in [-0.3, -0.25) is 0 Å². The van der Waals surface area contributed by atoms with Crippen molar-refractivity contribution in [3.63, 3.8) is 0 Å².